The first kappa shape index (κ1) is 9.39. The highest BCUT2D eigenvalue weighted by Crippen LogP contribution is 2.22. The first-order chi connectivity index (χ1) is 6.77. The average Bonchev–Trinajstić information content (AvgIpc) is 2.71. The van der Waals surface area contributed by atoms with Crippen LogP contribution in [0.4, 0.5) is 0 Å². The molecule has 2 aromatic heterocycles. The first-order valence-electron chi connectivity index (χ1n) is 4.13. The minimum atomic E-state index is -1.50. The molecule has 0 saturated heterocycles. The molecular formula is C9H8BNO2S. The van der Waals surface area contributed by atoms with Gasteiger partial charge in [-0.05, 0) is 29.1 Å². The Morgan fingerprint density at radius 3 is 2.79 bits per heavy atom. The topological polar surface area (TPSA) is 53.4 Å². The van der Waals surface area contributed by atoms with Crippen molar-refractivity contribution >= 4 is 24.0 Å². The SMILES string of the molecule is OB(O)c1cc(-c2cccs2)ccn1. The number of rotatable bonds is 2. The third-order valence-electron chi connectivity index (χ3n) is 1.85. The quantitative estimate of drug-likeness (QED) is 0.701. The number of hydrogen-bond donors (Lipinski definition) is 2. The van der Waals surface area contributed by atoms with Gasteiger partial charge in [-0.15, -0.1) is 11.3 Å². The smallest absolute Gasteiger partial charge is 0.422 e. The maximum absolute atomic E-state index is 8.94. The summed E-state index contributed by atoms with van der Waals surface area (Å²) in [5, 5.41) is 19.9. The van der Waals surface area contributed by atoms with Gasteiger partial charge in [-0.2, -0.15) is 0 Å². The molecular weight excluding hydrogens is 197 g/mol. The zero-order chi connectivity index (χ0) is 9.97. The van der Waals surface area contributed by atoms with Crippen LogP contribution in [0.25, 0.3) is 10.4 Å². The van der Waals surface area contributed by atoms with E-state index in [1.807, 2.05) is 23.6 Å². The summed E-state index contributed by atoms with van der Waals surface area (Å²) >= 11 is 1.61. The van der Waals surface area contributed by atoms with Gasteiger partial charge < -0.3 is 10.0 Å². The standard InChI is InChI=1S/C9H8BNO2S/c12-10(13)9-6-7(3-4-11-9)8-2-1-5-14-8/h1-6,12-13H. The molecule has 0 aliphatic heterocycles. The lowest BCUT2D eigenvalue weighted by Gasteiger charge is -2.00. The van der Waals surface area contributed by atoms with Crippen LogP contribution in [0.3, 0.4) is 0 Å². The fraction of sp³-hybridized carbons (Fsp3) is 0. The lowest BCUT2D eigenvalue weighted by Crippen LogP contribution is -2.32. The normalized spacial score (nSPS) is 10.1. The van der Waals surface area contributed by atoms with E-state index in [0.717, 1.165) is 10.4 Å². The Morgan fingerprint density at radius 2 is 2.14 bits per heavy atom. The van der Waals surface area contributed by atoms with Crippen LogP contribution in [-0.2, 0) is 0 Å². The molecule has 0 aromatic carbocycles. The summed E-state index contributed by atoms with van der Waals surface area (Å²) in [7, 11) is -1.50. The fourth-order valence-electron chi connectivity index (χ4n) is 1.19. The molecule has 2 N–H and O–H groups in total. The van der Waals surface area contributed by atoms with Gasteiger partial charge in [0.15, 0.2) is 0 Å². The summed E-state index contributed by atoms with van der Waals surface area (Å²) in [5.74, 6) is 0. The highest BCUT2D eigenvalue weighted by atomic mass is 32.1. The van der Waals surface area contributed by atoms with Crippen molar-refractivity contribution in [2.24, 2.45) is 0 Å². The van der Waals surface area contributed by atoms with Crippen LogP contribution in [0, 0.1) is 0 Å². The van der Waals surface area contributed by atoms with E-state index in [4.69, 9.17) is 10.0 Å². The van der Waals surface area contributed by atoms with E-state index in [9.17, 15) is 0 Å². The molecule has 0 aliphatic carbocycles. The molecule has 2 heterocycles. The zero-order valence-corrected chi connectivity index (χ0v) is 8.11. The third-order valence-corrected chi connectivity index (χ3v) is 2.77. The highest BCUT2D eigenvalue weighted by Gasteiger charge is 2.13. The molecule has 0 unspecified atom stereocenters. The maximum atomic E-state index is 8.94. The van der Waals surface area contributed by atoms with E-state index in [2.05, 4.69) is 4.98 Å². The summed E-state index contributed by atoms with van der Waals surface area (Å²) in [6.45, 7) is 0. The number of pyridine rings is 1. The molecule has 3 nitrogen and oxygen atoms in total. The van der Waals surface area contributed by atoms with Gasteiger partial charge in [0, 0.05) is 11.1 Å². The summed E-state index contributed by atoms with van der Waals surface area (Å²) < 4.78 is 0. The molecule has 0 fully saturated rings. The third kappa shape index (κ3) is 1.84. The molecule has 0 atom stereocenters. The van der Waals surface area contributed by atoms with Crippen LogP contribution >= 0.6 is 11.3 Å². The molecule has 14 heavy (non-hydrogen) atoms. The van der Waals surface area contributed by atoms with Gasteiger partial charge in [-0.25, -0.2) is 0 Å². The van der Waals surface area contributed by atoms with Crippen LogP contribution in [-0.4, -0.2) is 22.2 Å². The molecule has 0 amide bonds. The second-order valence-electron chi connectivity index (χ2n) is 2.82. The van der Waals surface area contributed by atoms with Crippen molar-refractivity contribution in [1.29, 1.82) is 0 Å². The predicted octanol–water partition coefficient (Wildman–Crippen LogP) is 0.490. The van der Waals surface area contributed by atoms with Crippen LogP contribution < -0.4 is 5.59 Å². The number of thiophene rings is 1. The van der Waals surface area contributed by atoms with Crippen molar-refractivity contribution < 1.29 is 10.0 Å². The number of nitrogens with zero attached hydrogens (tertiary/aromatic N) is 1. The molecule has 5 heteroatoms. The second kappa shape index (κ2) is 3.92. The zero-order valence-electron chi connectivity index (χ0n) is 7.29. The van der Waals surface area contributed by atoms with E-state index < -0.39 is 7.12 Å². The summed E-state index contributed by atoms with van der Waals surface area (Å²) in [4.78, 5) is 4.95. The van der Waals surface area contributed by atoms with Crippen LogP contribution in [0.2, 0.25) is 0 Å². The second-order valence-corrected chi connectivity index (χ2v) is 3.77. The molecule has 0 bridgehead atoms. The number of aromatic nitrogens is 1. The molecule has 0 aliphatic rings. The maximum Gasteiger partial charge on any atom is 0.508 e. The van der Waals surface area contributed by atoms with Gasteiger partial charge >= 0.3 is 7.12 Å². The first-order valence-corrected chi connectivity index (χ1v) is 5.01. The van der Waals surface area contributed by atoms with Gasteiger partial charge in [-0.1, -0.05) is 6.07 Å². The van der Waals surface area contributed by atoms with E-state index >= 15 is 0 Å². The summed E-state index contributed by atoms with van der Waals surface area (Å²) in [6.07, 6.45) is 1.57. The summed E-state index contributed by atoms with van der Waals surface area (Å²) in [6, 6.07) is 7.46. The molecule has 0 saturated carbocycles. The highest BCUT2D eigenvalue weighted by molar-refractivity contribution is 7.13. The number of hydrogen-bond acceptors (Lipinski definition) is 4. The van der Waals surface area contributed by atoms with Crippen molar-refractivity contribution in [1.82, 2.24) is 4.98 Å². The Hall–Kier alpha value is -1.17. The van der Waals surface area contributed by atoms with Crippen LogP contribution in [0.1, 0.15) is 0 Å². The molecule has 2 rings (SSSR count). The van der Waals surface area contributed by atoms with Crippen molar-refractivity contribution in [3.63, 3.8) is 0 Å². The van der Waals surface area contributed by atoms with Crippen LogP contribution in [0.5, 0.6) is 0 Å². The van der Waals surface area contributed by atoms with Crippen molar-refractivity contribution in [3.05, 3.63) is 35.8 Å². The monoisotopic (exact) mass is 205 g/mol. The van der Waals surface area contributed by atoms with Crippen molar-refractivity contribution in [3.8, 4) is 10.4 Å². The summed E-state index contributed by atoms with van der Waals surface area (Å²) in [5.41, 5.74) is 1.23. The largest absolute Gasteiger partial charge is 0.508 e. The van der Waals surface area contributed by atoms with Gasteiger partial charge in [0.2, 0.25) is 0 Å². The fourth-order valence-corrected chi connectivity index (χ4v) is 1.91. The van der Waals surface area contributed by atoms with Gasteiger partial charge in [0.1, 0.15) is 0 Å². The van der Waals surface area contributed by atoms with Gasteiger partial charge in [0.25, 0.3) is 0 Å². The Morgan fingerprint density at radius 1 is 1.29 bits per heavy atom. The molecule has 2 aromatic rings. The molecule has 70 valence electrons. The predicted molar refractivity (Wildman–Crippen MR) is 57.4 cm³/mol. The van der Waals surface area contributed by atoms with Crippen LogP contribution in [0.15, 0.2) is 35.8 Å². The minimum Gasteiger partial charge on any atom is -0.422 e. The Balaban J connectivity index is 2.41. The van der Waals surface area contributed by atoms with Crippen molar-refractivity contribution in [2.75, 3.05) is 0 Å². The van der Waals surface area contributed by atoms with Gasteiger partial charge in [0.05, 0.1) is 5.59 Å². The van der Waals surface area contributed by atoms with E-state index in [1.165, 1.54) is 0 Å². The van der Waals surface area contributed by atoms with E-state index in [0.29, 0.717) is 0 Å². The Bertz CT molecular complexity index is 417. The molecule has 0 radical (unpaired) electrons. The van der Waals surface area contributed by atoms with E-state index in [-0.39, 0.29) is 5.59 Å². The lowest BCUT2D eigenvalue weighted by molar-refractivity contribution is 0.424. The lowest BCUT2D eigenvalue weighted by atomic mass is 9.85. The Kier molecular flexibility index (Phi) is 2.63. The van der Waals surface area contributed by atoms with Gasteiger partial charge in [-0.3, -0.25) is 4.98 Å². The van der Waals surface area contributed by atoms with E-state index in [1.54, 1.807) is 23.6 Å². The minimum absolute atomic E-state index is 0.274. The molecule has 0 spiro atoms. The average molecular weight is 205 g/mol. The Labute approximate surface area is 85.8 Å². The van der Waals surface area contributed by atoms with Crippen molar-refractivity contribution in [2.45, 2.75) is 0 Å².